The quantitative estimate of drug-likeness (QED) is 0.556. The van der Waals surface area contributed by atoms with Gasteiger partial charge in [0.05, 0.1) is 0 Å². The molecule has 0 saturated heterocycles. The molecule has 0 unspecified atom stereocenters. The second kappa shape index (κ2) is 6.97. The van der Waals surface area contributed by atoms with Gasteiger partial charge in [-0.1, -0.05) is 0 Å². The third-order valence-electron chi connectivity index (χ3n) is 4.95. The normalized spacial score (nSPS) is 15.8. The summed E-state index contributed by atoms with van der Waals surface area (Å²) in [5.41, 5.74) is 5.52. The van der Waals surface area contributed by atoms with Gasteiger partial charge in [0.15, 0.2) is 0 Å². The molecule has 1 aliphatic heterocycles. The van der Waals surface area contributed by atoms with Crippen molar-refractivity contribution in [2.45, 2.75) is 25.9 Å². The second-order valence-corrected chi connectivity index (χ2v) is 8.94. The van der Waals surface area contributed by atoms with Gasteiger partial charge in [0.25, 0.3) is 0 Å². The molecule has 0 fully saturated rings. The Hall–Kier alpha value is -2.20. The molecule has 3 aromatic rings. The van der Waals surface area contributed by atoms with Crippen molar-refractivity contribution >= 4 is 27.3 Å². The number of para-hydroxylation sites is 2. The Bertz CT molecular complexity index is 764. The molecule has 4 rings (SSSR count). The maximum atomic E-state index is 2.63. The van der Waals surface area contributed by atoms with E-state index < -0.39 is 15.9 Å². The predicted molar refractivity (Wildman–Crippen MR) is 107 cm³/mol. The molecule has 0 saturated carbocycles. The first-order chi connectivity index (χ1) is 12.3. The van der Waals surface area contributed by atoms with E-state index in [1.807, 2.05) is 0 Å². The van der Waals surface area contributed by atoms with Crippen LogP contribution in [-0.4, -0.2) is 15.9 Å². The van der Waals surface area contributed by atoms with Gasteiger partial charge in [-0.3, -0.25) is 0 Å². The molecule has 0 amide bonds. The zero-order valence-electron chi connectivity index (χ0n) is 14.6. The molecular weight excluding hydrogens is 365 g/mol. The Morgan fingerprint density at radius 1 is 0.560 bits per heavy atom. The molecule has 2 atom stereocenters. The molecule has 25 heavy (non-hydrogen) atoms. The summed E-state index contributed by atoms with van der Waals surface area (Å²) in [6, 6.07) is 31.3. The first-order valence-electron chi connectivity index (χ1n) is 8.79. The number of hydrogen-bond donors (Lipinski definition) is 0. The van der Waals surface area contributed by atoms with Gasteiger partial charge in [0, 0.05) is 0 Å². The monoisotopic (exact) mass is 388 g/mol. The van der Waals surface area contributed by atoms with E-state index in [1.165, 1.54) is 22.5 Å². The fraction of sp³-hybridized carbons (Fsp3) is 0.182. The molecular formula is C22H22GeN2. The number of rotatable bonds is 4. The van der Waals surface area contributed by atoms with E-state index in [-0.39, 0.29) is 0 Å². The van der Waals surface area contributed by atoms with Crippen LogP contribution in [0.4, 0.5) is 11.4 Å². The summed E-state index contributed by atoms with van der Waals surface area (Å²) in [5, 5.41) is 0. The van der Waals surface area contributed by atoms with Crippen molar-refractivity contribution in [2.75, 3.05) is 7.71 Å². The summed E-state index contributed by atoms with van der Waals surface area (Å²) >= 11 is -0.447. The number of benzene rings is 3. The van der Waals surface area contributed by atoms with E-state index in [9.17, 15) is 0 Å². The topological polar surface area (TPSA) is 6.48 Å². The van der Waals surface area contributed by atoms with Gasteiger partial charge in [0.2, 0.25) is 0 Å². The van der Waals surface area contributed by atoms with Crippen LogP contribution in [0.2, 0.25) is 0 Å². The third kappa shape index (κ3) is 3.07. The standard InChI is InChI=1S/C22H22GeN2/c1-17(19-11-5-3-6-12-19)24-21-15-9-10-16-22(21)25(23-24)18(2)20-13-7-4-8-14-20/h3-18H,1-2H3/t17-,18-/m1/s1. The second-order valence-electron chi connectivity index (χ2n) is 6.50. The molecule has 0 N–H and O–H groups in total. The Balaban J connectivity index is 1.68. The summed E-state index contributed by atoms with van der Waals surface area (Å²) in [6.45, 7) is 4.65. The van der Waals surface area contributed by atoms with E-state index in [4.69, 9.17) is 0 Å². The fourth-order valence-corrected chi connectivity index (χ4v) is 6.53. The zero-order chi connectivity index (χ0) is 17.2. The summed E-state index contributed by atoms with van der Waals surface area (Å²) in [4.78, 5) is 0. The average molecular weight is 387 g/mol. The molecule has 0 aliphatic carbocycles. The Morgan fingerprint density at radius 2 is 0.920 bits per heavy atom. The van der Waals surface area contributed by atoms with Crippen molar-refractivity contribution in [3.63, 3.8) is 0 Å². The van der Waals surface area contributed by atoms with E-state index in [1.54, 1.807) is 0 Å². The molecule has 1 aliphatic rings. The van der Waals surface area contributed by atoms with Crippen molar-refractivity contribution in [2.24, 2.45) is 0 Å². The van der Waals surface area contributed by atoms with E-state index in [2.05, 4.69) is 106 Å². The van der Waals surface area contributed by atoms with Crippen molar-refractivity contribution in [3.8, 4) is 0 Å². The van der Waals surface area contributed by atoms with Crippen LogP contribution in [0.3, 0.4) is 0 Å². The summed E-state index contributed by atoms with van der Waals surface area (Å²) in [6.07, 6.45) is 0. The first kappa shape index (κ1) is 16.3. The van der Waals surface area contributed by atoms with Gasteiger partial charge in [-0.05, 0) is 0 Å². The molecule has 1 heterocycles. The number of nitrogens with zero attached hydrogens (tertiary/aromatic N) is 2. The molecule has 0 aromatic heterocycles. The molecule has 2 nitrogen and oxygen atoms in total. The SMILES string of the molecule is C[C@H](c1ccccc1)[N]1[Ge][N]([C@H](C)c2ccccc2)c2ccccc21. The van der Waals surface area contributed by atoms with Crippen LogP contribution in [0, 0.1) is 0 Å². The summed E-state index contributed by atoms with van der Waals surface area (Å²) < 4.78 is 5.26. The van der Waals surface area contributed by atoms with Gasteiger partial charge < -0.3 is 0 Å². The maximum absolute atomic E-state index is 2.63. The number of hydrogen-bond acceptors (Lipinski definition) is 2. The van der Waals surface area contributed by atoms with E-state index >= 15 is 0 Å². The summed E-state index contributed by atoms with van der Waals surface area (Å²) in [7, 11) is 0. The third-order valence-corrected chi connectivity index (χ3v) is 8.49. The Labute approximate surface area is 157 Å². The van der Waals surface area contributed by atoms with Crippen LogP contribution in [0.25, 0.3) is 0 Å². The van der Waals surface area contributed by atoms with Gasteiger partial charge >= 0.3 is 157 Å². The Kier molecular flexibility index (Phi) is 4.54. The molecule has 3 heteroatoms. The van der Waals surface area contributed by atoms with Crippen LogP contribution in [0.1, 0.15) is 37.1 Å². The minimum absolute atomic E-state index is 0.398. The molecule has 2 radical (unpaired) electrons. The van der Waals surface area contributed by atoms with Crippen LogP contribution in [0.5, 0.6) is 0 Å². The molecule has 0 bridgehead atoms. The van der Waals surface area contributed by atoms with Gasteiger partial charge in [-0.15, -0.1) is 0 Å². The van der Waals surface area contributed by atoms with Gasteiger partial charge in [-0.25, -0.2) is 0 Å². The van der Waals surface area contributed by atoms with Crippen molar-refractivity contribution < 1.29 is 0 Å². The Morgan fingerprint density at radius 3 is 1.32 bits per heavy atom. The summed E-state index contributed by atoms with van der Waals surface area (Å²) in [5.74, 6) is 0. The minimum atomic E-state index is -0.447. The first-order valence-corrected chi connectivity index (χ1v) is 10.7. The average Bonchev–Trinajstić information content (AvgIpc) is 3.08. The van der Waals surface area contributed by atoms with E-state index in [0.29, 0.717) is 12.1 Å². The van der Waals surface area contributed by atoms with Gasteiger partial charge in [0.1, 0.15) is 0 Å². The zero-order valence-corrected chi connectivity index (χ0v) is 16.7. The van der Waals surface area contributed by atoms with Crippen LogP contribution < -0.4 is 7.71 Å². The van der Waals surface area contributed by atoms with Crippen molar-refractivity contribution in [3.05, 3.63) is 96.1 Å². The molecule has 0 spiro atoms. The van der Waals surface area contributed by atoms with Crippen molar-refractivity contribution in [1.29, 1.82) is 0 Å². The van der Waals surface area contributed by atoms with Crippen LogP contribution in [-0.2, 0) is 0 Å². The predicted octanol–water partition coefficient (Wildman–Crippen LogP) is 5.37. The van der Waals surface area contributed by atoms with Gasteiger partial charge in [-0.2, -0.15) is 0 Å². The van der Waals surface area contributed by atoms with Crippen molar-refractivity contribution in [1.82, 2.24) is 0 Å². The molecule has 124 valence electrons. The molecule has 3 aromatic carbocycles. The van der Waals surface area contributed by atoms with Crippen LogP contribution >= 0.6 is 0 Å². The number of anilines is 2. The number of fused-ring (bicyclic) bond motifs is 1. The fourth-order valence-electron chi connectivity index (χ4n) is 3.45. The van der Waals surface area contributed by atoms with E-state index in [0.717, 1.165) is 0 Å². The van der Waals surface area contributed by atoms with Crippen LogP contribution in [0.15, 0.2) is 84.9 Å².